The number of nitriles is 1. The molecule has 7 aromatic rings. The Morgan fingerprint density at radius 1 is 0.531 bits per heavy atom. The van der Waals surface area contributed by atoms with Crippen LogP contribution in [-0.2, 0) is 5.41 Å². The molecule has 4 fully saturated rings. The third-order valence-corrected chi connectivity index (χ3v) is 11.5. The fourth-order valence-corrected chi connectivity index (χ4v) is 9.63. The van der Waals surface area contributed by atoms with Crippen LogP contribution in [0.5, 0.6) is 0 Å². The van der Waals surface area contributed by atoms with Gasteiger partial charge in [-0.3, -0.25) is 0 Å². The van der Waals surface area contributed by atoms with Crippen LogP contribution >= 0.6 is 0 Å². The van der Waals surface area contributed by atoms with E-state index in [0.717, 1.165) is 67.5 Å². The van der Waals surface area contributed by atoms with Crippen LogP contribution in [0.15, 0.2) is 120 Å². The minimum absolute atomic E-state index is 0.365. The van der Waals surface area contributed by atoms with E-state index in [-0.39, 0.29) is 0 Å². The minimum atomic E-state index is 0.365. The molecule has 11 rings (SSSR count). The van der Waals surface area contributed by atoms with E-state index in [1.165, 1.54) is 44.1 Å². The van der Waals surface area contributed by atoms with E-state index in [9.17, 15) is 5.26 Å². The zero-order valence-electron chi connectivity index (χ0n) is 27.1. The predicted octanol–water partition coefficient (Wildman–Crippen LogP) is 10.8. The van der Waals surface area contributed by atoms with Gasteiger partial charge in [-0.15, -0.1) is 0 Å². The molecule has 0 spiro atoms. The Hall–Kier alpha value is -5.60. The first-order valence-corrected chi connectivity index (χ1v) is 17.5. The number of hydrogen-bond acceptors (Lipinski definition) is 5. The lowest BCUT2D eigenvalue weighted by atomic mass is 9.48. The summed E-state index contributed by atoms with van der Waals surface area (Å²) in [5, 5.41) is 11.4. The van der Waals surface area contributed by atoms with E-state index in [4.69, 9.17) is 19.4 Å². The molecule has 0 saturated heterocycles. The van der Waals surface area contributed by atoms with Crippen molar-refractivity contribution in [2.45, 2.75) is 43.9 Å². The van der Waals surface area contributed by atoms with Gasteiger partial charge in [0.1, 0.15) is 11.2 Å². The van der Waals surface area contributed by atoms with Crippen molar-refractivity contribution in [2.24, 2.45) is 17.8 Å². The molecule has 0 aliphatic heterocycles. The van der Waals surface area contributed by atoms with Crippen molar-refractivity contribution in [3.63, 3.8) is 0 Å². The molecule has 5 heteroatoms. The number of aromatic nitrogens is 3. The zero-order chi connectivity index (χ0) is 32.5. The van der Waals surface area contributed by atoms with Gasteiger partial charge in [-0.25, -0.2) is 15.0 Å². The lowest BCUT2D eigenvalue weighted by Gasteiger charge is -2.57. The molecule has 0 radical (unpaired) electrons. The number of rotatable bonds is 5. The molecule has 4 aliphatic rings. The number of fused-ring (bicyclic) bond motifs is 3. The van der Waals surface area contributed by atoms with Crippen LogP contribution in [0.4, 0.5) is 0 Å². The Labute approximate surface area is 285 Å². The fourth-order valence-electron chi connectivity index (χ4n) is 9.63. The largest absolute Gasteiger partial charge is 0.456 e. The summed E-state index contributed by atoms with van der Waals surface area (Å²) in [5.41, 5.74) is 9.04. The van der Waals surface area contributed by atoms with Gasteiger partial charge in [0.05, 0.1) is 11.6 Å². The first kappa shape index (κ1) is 28.4. The van der Waals surface area contributed by atoms with Crippen LogP contribution < -0.4 is 0 Å². The molecule has 0 N–H and O–H groups in total. The molecule has 4 saturated carbocycles. The van der Waals surface area contributed by atoms with Gasteiger partial charge in [0, 0.05) is 27.5 Å². The highest BCUT2D eigenvalue weighted by Gasteiger charge is 2.51. The van der Waals surface area contributed by atoms with E-state index in [0.29, 0.717) is 28.5 Å². The maximum atomic E-state index is 9.30. The fraction of sp³-hybridized carbons (Fsp3) is 0.227. The minimum Gasteiger partial charge on any atom is -0.456 e. The Kier molecular flexibility index (Phi) is 6.36. The molecule has 5 nitrogen and oxygen atoms in total. The summed E-state index contributed by atoms with van der Waals surface area (Å²) in [6, 6.07) is 41.8. The lowest BCUT2D eigenvalue weighted by Crippen LogP contribution is -2.48. The van der Waals surface area contributed by atoms with E-state index in [2.05, 4.69) is 84.9 Å². The maximum absolute atomic E-state index is 9.30. The normalized spacial score (nSPS) is 22.5. The first-order valence-electron chi connectivity index (χ1n) is 17.5. The average molecular weight is 635 g/mol. The highest BCUT2D eigenvalue weighted by atomic mass is 16.3. The summed E-state index contributed by atoms with van der Waals surface area (Å²) in [4.78, 5) is 15.0. The van der Waals surface area contributed by atoms with Gasteiger partial charge in [0.25, 0.3) is 0 Å². The van der Waals surface area contributed by atoms with Crippen LogP contribution in [0, 0.1) is 29.1 Å². The van der Waals surface area contributed by atoms with Crippen molar-refractivity contribution in [1.82, 2.24) is 15.0 Å². The summed E-state index contributed by atoms with van der Waals surface area (Å²) < 4.78 is 6.15. The van der Waals surface area contributed by atoms with Crippen molar-refractivity contribution in [3.8, 4) is 51.4 Å². The average Bonchev–Trinajstić information content (AvgIpc) is 3.52. The van der Waals surface area contributed by atoms with Crippen molar-refractivity contribution in [2.75, 3.05) is 0 Å². The van der Waals surface area contributed by atoms with E-state index in [1.807, 2.05) is 30.3 Å². The summed E-state index contributed by atoms with van der Waals surface area (Å²) in [7, 11) is 0. The van der Waals surface area contributed by atoms with Gasteiger partial charge in [-0.1, -0.05) is 84.9 Å². The highest BCUT2D eigenvalue weighted by Crippen LogP contribution is 2.60. The maximum Gasteiger partial charge on any atom is 0.164 e. The SMILES string of the molecule is N#Cc1ccc2c(c1)oc1cc(-c3ccc(-c4nc(-c5ccccc5)nc(-c5ccc(C67CC8CC(CC(C8)C6)C7)cc5)n4)cc3)ccc12. The topological polar surface area (TPSA) is 75.6 Å². The van der Waals surface area contributed by atoms with Crippen molar-refractivity contribution < 1.29 is 4.42 Å². The molecule has 236 valence electrons. The summed E-state index contributed by atoms with van der Waals surface area (Å²) in [6.07, 6.45) is 8.44. The second kappa shape index (κ2) is 11.0. The number of furan rings is 1. The van der Waals surface area contributed by atoms with Crippen LogP contribution in [0.25, 0.3) is 67.2 Å². The van der Waals surface area contributed by atoms with E-state index < -0.39 is 0 Å². The van der Waals surface area contributed by atoms with Crippen LogP contribution in [0.1, 0.15) is 49.7 Å². The van der Waals surface area contributed by atoms with Crippen molar-refractivity contribution in [1.29, 1.82) is 5.26 Å². The third kappa shape index (κ3) is 4.85. The number of hydrogen-bond donors (Lipinski definition) is 0. The van der Waals surface area contributed by atoms with E-state index >= 15 is 0 Å². The molecule has 0 unspecified atom stereocenters. The standard InChI is InChI=1S/C44H34N4O/c45-26-27-6-16-37-38-17-13-35(22-40(38)49-39(37)21-27)31-7-9-33(10-8-31)42-46-41(32-4-2-1-3-5-32)47-43(48-42)34-11-14-36(15-12-34)44-23-28-18-29(24-44)20-30(19-28)25-44/h1-17,21-22,28-30H,18-20,23-25H2. The Morgan fingerprint density at radius 2 is 1.02 bits per heavy atom. The zero-order valence-corrected chi connectivity index (χ0v) is 27.1. The smallest absolute Gasteiger partial charge is 0.164 e. The summed E-state index contributed by atoms with van der Waals surface area (Å²) >= 11 is 0. The summed E-state index contributed by atoms with van der Waals surface area (Å²) in [5.74, 6) is 4.78. The number of nitrogens with zero attached hydrogens (tertiary/aromatic N) is 4. The van der Waals surface area contributed by atoms with Gasteiger partial charge in [0.2, 0.25) is 0 Å². The second-order valence-corrected chi connectivity index (χ2v) is 14.7. The predicted molar refractivity (Wildman–Crippen MR) is 193 cm³/mol. The monoisotopic (exact) mass is 634 g/mol. The Balaban J connectivity index is 0.991. The molecule has 49 heavy (non-hydrogen) atoms. The van der Waals surface area contributed by atoms with Crippen LogP contribution in [-0.4, -0.2) is 15.0 Å². The van der Waals surface area contributed by atoms with E-state index in [1.54, 1.807) is 6.07 Å². The van der Waals surface area contributed by atoms with Gasteiger partial charge >= 0.3 is 0 Å². The Bertz CT molecular complexity index is 2380. The van der Waals surface area contributed by atoms with Gasteiger partial charge < -0.3 is 4.42 Å². The molecule has 2 heterocycles. The van der Waals surface area contributed by atoms with Gasteiger partial charge in [-0.05, 0) is 109 Å². The van der Waals surface area contributed by atoms with Crippen molar-refractivity contribution in [3.05, 3.63) is 126 Å². The van der Waals surface area contributed by atoms with Gasteiger partial charge in [-0.2, -0.15) is 5.26 Å². The lowest BCUT2D eigenvalue weighted by molar-refractivity contribution is -0.00518. The molecule has 5 aromatic carbocycles. The van der Waals surface area contributed by atoms with Crippen LogP contribution in [0.2, 0.25) is 0 Å². The second-order valence-electron chi connectivity index (χ2n) is 14.7. The molecular weight excluding hydrogens is 601 g/mol. The Morgan fingerprint density at radius 3 is 1.61 bits per heavy atom. The third-order valence-electron chi connectivity index (χ3n) is 11.5. The van der Waals surface area contributed by atoms with Gasteiger partial charge in [0.15, 0.2) is 17.5 Å². The first-order chi connectivity index (χ1) is 24.1. The summed E-state index contributed by atoms with van der Waals surface area (Å²) in [6.45, 7) is 0. The molecule has 4 bridgehead atoms. The molecule has 0 amide bonds. The highest BCUT2D eigenvalue weighted by molar-refractivity contribution is 6.06. The van der Waals surface area contributed by atoms with Crippen molar-refractivity contribution >= 4 is 21.9 Å². The molecule has 4 aliphatic carbocycles. The van der Waals surface area contributed by atoms with Crippen LogP contribution in [0.3, 0.4) is 0 Å². The number of benzene rings is 5. The molecular formula is C44H34N4O. The quantitative estimate of drug-likeness (QED) is 0.188. The molecule has 2 aromatic heterocycles. The molecule has 0 atom stereocenters.